The van der Waals surface area contributed by atoms with E-state index in [0.717, 1.165) is 21.4 Å². The fourth-order valence-corrected chi connectivity index (χ4v) is 4.18. The molecule has 1 aliphatic carbocycles. The fraction of sp³-hybridized carbons (Fsp3) is 0.240. The highest BCUT2D eigenvalue weighted by Gasteiger charge is 2.61. The fourth-order valence-electron chi connectivity index (χ4n) is 4.18. The van der Waals surface area contributed by atoms with Gasteiger partial charge in [-0.15, -0.1) is 0 Å². The van der Waals surface area contributed by atoms with E-state index < -0.39 is 47.9 Å². The average molecular weight is 518 g/mol. The summed E-state index contributed by atoms with van der Waals surface area (Å²) in [5.41, 5.74) is -2.79. The molecule has 2 aromatic carbocycles. The summed E-state index contributed by atoms with van der Waals surface area (Å²) >= 11 is 0. The van der Waals surface area contributed by atoms with Crippen molar-refractivity contribution in [1.29, 1.82) is 0 Å². The third-order valence-corrected chi connectivity index (χ3v) is 6.31. The van der Waals surface area contributed by atoms with Crippen LogP contribution in [-0.4, -0.2) is 36.2 Å². The van der Waals surface area contributed by atoms with E-state index >= 15 is 0 Å². The highest BCUT2D eigenvalue weighted by atomic mass is 19.4. The van der Waals surface area contributed by atoms with Gasteiger partial charge in [0, 0.05) is 29.4 Å². The van der Waals surface area contributed by atoms with Gasteiger partial charge in [0.15, 0.2) is 5.60 Å². The van der Waals surface area contributed by atoms with Crippen LogP contribution in [0, 0.1) is 11.6 Å². The van der Waals surface area contributed by atoms with Crippen LogP contribution in [0.3, 0.4) is 0 Å². The van der Waals surface area contributed by atoms with Crippen LogP contribution in [0.25, 0.3) is 5.69 Å². The molecular weight excluding hydrogens is 499 g/mol. The monoisotopic (exact) mass is 518 g/mol. The normalized spacial score (nSPS) is 19.5. The predicted molar refractivity (Wildman–Crippen MR) is 121 cm³/mol. The number of alkyl halides is 3. The molecule has 0 bridgehead atoms. The van der Waals surface area contributed by atoms with E-state index in [-0.39, 0.29) is 12.1 Å². The molecule has 1 N–H and O–H groups in total. The van der Waals surface area contributed by atoms with Crippen LogP contribution in [0.1, 0.15) is 30.0 Å². The van der Waals surface area contributed by atoms with Crippen molar-refractivity contribution >= 4 is 0 Å². The number of aliphatic hydroxyl groups is 1. The maximum atomic E-state index is 13.9. The minimum absolute atomic E-state index is 0.255. The van der Waals surface area contributed by atoms with Crippen molar-refractivity contribution in [3.63, 3.8) is 0 Å². The molecule has 1 saturated carbocycles. The Labute approximate surface area is 206 Å². The molecule has 1 fully saturated rings. The molecule has 5 rings (SSSR count). The first-order valence-electron chi connectivity index (χ1n) is 11.1. The molecule has 0 atom stereocenters. The topological polar surface area (TPSA) is 82.2 Å². The zero-order valence-corrected chi connectivity index (χ0v) is 19.0. The molecule has 7 nitrogen and oxygen atoms in total. The molecule has 192 valence electrons. The molecule has 37 heavy (non-hydrogen) atoms. The standard InChI is InChI=1S/C25H19F5N4O3/c26-20-2-1-3-21(27)19(20)13-33-14-32-34(23(33)35)16-4-6-17(7-5-16)37-18-8-9-31-22(10-18)15-11-24(36,12-15)25(28,29)30/h1-10,14-15,36H,11-13H2. The van der Waals surface area contributed by atoms with Crippen LogP contribution >= 0.6 is 0 Å². The summed E-state index contributed by atoms with van der Waals surface area (Å²) < 4.78 is 74.5. The number of ether oxygens (including phenoxy) is 1. The second kappa shape index (κ2) is 9.11. The summed E-state index contributed by atoms with van der Waals surface area (Å²) in [5, 5.41) is 13.7. The van der Waals surface area contributed by atoms with Gasteiger partial charge in [-0.25, -0.2) is 13.6 Å². The highest BCUT2D eigenvalue weighted by molar-refractivity contribution is 5.39. The van der Waals surface area contributed by atoms with E-state index in [1.54, 1.807) is 30.3 Å². The van der Waals surface area contributed by atoms with Crippen LogP contribution < -0.4 is 10.4 Å². The van der Waals surface area contributed by atoms with Crippen molar-refractivity contribution in [2.75, 3.05) is 0 Å². The number of hydrogen-bond donors (Lipinski definition) is 1. The highest BCUT2D eigenvalue weighted by Crippen LogP contribution is 2.52. The number of aromatic nitrogens is 4. The van der Waals surface area contributed by atoms with E-state index in [2.05, 4.69) is 10.1 Å². The summed E-state index contributed by atoms with van der Waals surface area (Å²) in [6, 6.07) is 12.7. The van der Waals surface area contributed by atoms with Crippen LogP contribution in [0.15, 0.2) is 71.9 Å². The van der Waals surface area contributed by atoms with Crippen LogP contribution in [0.4, 0.5) is 22.0 Å². The van der Waals surface area contributed by atoms with Gasteiger partial charge < -0.3 is 9.84 Å². The summed E-state index contributed by atoms with van der Waals surface area (Å²) in [7, 11) is 0. The number of rotatable bonds is 6. The quantitative estimate of drug-likeness (QED) is 0.374. The van der Waals surface area contributed by atoms with Gasteiger partial charge in [-0.2, -0.15) is 23.0 Å². The maximum Gasteiger partial charge on any atom is 0.417 e. The van der Waals surface area contributed by atoms with Crippen LogP contribution in [0.2, 0.25) is 0 Å². The number of hydrogen-bond acceptors (Lipinski definition) is 5. The Morgan fingerprint density at radius 3 is 2.35 bits per heavy atom. The Morgan fingerprint density at radius 1 is 1.03 bits per heavy atom. The summed E-state index contributed by atoms with van der Waals surface area (Å²) in [6.07, 6.45) is -3.03. The van der Waals surface area contributed by atoms with Gasteiger partial charge in [-0.05, 0) is 55.3 Å². The van der Waals surface area contributed by atoms with E-state index in [1.807, 2.05) is 0 Å². The molecule has 0 aliphatic heterocycles. The number of benzene rings is 2. The van der Waals surface area contributed by atoms with Gasteiger partial charge >= 0.3 is 11.9 Å². The molecule has 4 aromatic rings. The first-order valence-corrected chi connectivity index (χ1v) is 11.1. The van der Waals surface area contributed by atoms with Crippen molar-refractivity contribution in [2.24, 2.45) is 0 Å². The Morgan fingerprint density at radius 2 is 1.70 bits per heavy atom. The lowest BCUT2D eigenvalue weighted by Crippen LogP contribution is -2.54. The molecule has 0 spiro atoms. The van der Waals surface area contributed by atoms with Gasteiger partial charge in [0.2, 0.25) is 0 Å². The number of halogens is 5. The maximum absolute atomic E-state index is 13.9. The van der Waals surface area contributed by atoms with Crippen molar-refractivity contribution in [3.8, 4) is 17.2 Å². The van der Waals surface area contributed by atoms with Crippen LogP contribution in [0.5, 0.6) is 11.5 Å². The molecule has 0 saturated heterocycles. The lowest BCUT2D eigenvalue weighted by Gasteiger charge is -2.44. The minimum atomic E-state index is -4.69. The lowest BCUT2D eigenvalue weighted by molar-refractivity contribution is -0.291. The van der Waals surface area contributed by atoms with E-state index in [4.69, 9.17) is 4.74 Å². The Bertz CT molecular complexity index is 1470. The van der Waals surface area contributed by atoms with E-state index in [9.17, 15) is 31.9 Å². The Hall–Kier alpha value is -4.06. The van der Waals surface area contributed by atoms with Crippen molar-refractivity contribution in [3.05, 3.63) is 100 Å². The molecular formula is C25H19F5N4O3. The molecule has 0 radical (unpaired) electrons. The van der Waals surface area contributed by atoms with Gasteiger partial charge in [0.05, 0.1) is 12.2 Å². The second-order valence-corrected chi connectivity index (χ2v) is 8.80. The van der Waals surface area contributed by atoms with Gasteiger partial charge in [0.1, 0.15) is 29.5 Å². The SMILES string of the molecule is O=c1n(Cc2c(F)cccc2F)cnn1-c1ccc(Oc2ccnc(C3CC(O)(C(F)(F)F)C3)c2)cc1. The molecule has 2 heterocycles. The smallest absolute Gasteiger partial charge is 0.417 e. The van der Waals surface area contributed by atoms with Gasteiger partial charge in [0.25, 0.3) is 0 Å². The summed E-state index contributed by atoms with van der Waals surface area (Å²) in [4.78, 5) is 16.8. The second-order valence-electron chi connectivity index (χ2n) is 8.80. The molecule has 1 aliphatic rings. The zero-order valence-electron chi connectivity index (χ0n) is 19.0. The van der Waals surface area contributed by atoms with E-state index in [0.29, 0.717) is 22.9 Å². The van der Waals surface area contributed by atoms with E-state index in [1.165, 1.54) is 24.7 Å². The molecule has 0 unspecified atom stereocenters. The molecule has 12 heteroatoms. The first-order chi connectivity index (χ1) is 17.5. The summed E-state index contributed by atoms with van der Waals surface area (Å²) in [5.74, 6) is -1.37. The zero-order chi connectivity index (χ0) is 26.4. The largest absolute Gasteiger partial charge is 0.457 e. The number of pyridine rings is 1. The Balaban J connectivity index is 1.28. The third kappa shape index (κ3) is 4.71. The van der Waals surface area contributed by atoms with Crippen LogP contribution in [-0.2, 0) is 6.54 Å². The predicted octanol–water partition coefficient (Wildman–Crippen LogP) is 4.72. The average Bonchev–Trinajstić information content (AvgIpc) is 3.19. The molecule has 2 aromatic heterocycles. The van der Waals surface area contributed by atoms with Gasteiger partial charge in [-0.3, -0.25) is 9.55 Å². The van der Waals surface area contributed by atoms with Crippen molar-refractivity contribution in [2.45, 2.75) is 37.1 Å². The minimum Gasteiger partial charge on any atom is -0.457 e. The van der Waals surface area contributed by atoms with Crippen molar-refractivity contribution < 1.29 is 31.8 Å². The Kier molecular flexibility index (Phi) is 6.06. The summed E-state index contributed by atoms with van der Waals surface area (Å²) in [6.45, 7) is -0.329. The number of nitrogens with zero attached hydrogens (tertiary/aromatic N) is 4. The van der Waals surface area contributed by atoms with Crippen molar-refractivity contribution in [1.82, 2.24) is 19.3 Å². The van der Waals surface area contributed by atoms with Gasteiger partial charge in [-0.1, -0.05) is 6.07 Å². The third-order valence-electron chi connectivity index (χ3n) is 6.31. The molecule has 0 amide bonds. The first kappa shape index (κ1) is 24.6. The lowest BCUT2D eigenvalue weighted by atomic mass is 9.69.